The number of hydrogen-bond acceptors (Lipinski definition) is 8. The number of allylic oxidation sites excluding steroid dienone is 1. The van der Waals surface area contributed by atoms with Crippen molar-refractivity contribution in [2.24, 2.45) is 17.8 Å². The number of nitrogens with zero attached hydrogens (tertiary/aromatic N) is 2. The van der Waals surface area contributed by atoms with Crippen molar-refractivity contribution < 1.29 is 39.5 Å². The third-order valence-corrected chi connectivity index (χ3v) is 9.21. The van der Waals surface area contributed by atoms with Gasteiger partial charge in [-0.05, 0) is 85.2 Å². The molecular weight excluding hydrogens is 612 g/mol. The molecular formula is C38H42N2O8. The summed E-state index contributed by atoms with van der Waals surface area (Å²) in [5, 5.41) is 42.0. The van der Waals surface area contributed by atoms with Gasteiger partial charge >= 0.3 is 5.97 Å². The largest absolute Gasteiger partial charge is 0.507 e. The number of aliphatic hydroxyl groups is 2. The molecule has 2 aromatic carbocycles. The minimum Gasteiger partial charge on any atom is -0.507 e. The number of fused-ring (bicyclic) bond motifs is 1. The summed E-state index contributed by atoms with van der Waals surface area (Å²) in [5.41, 5.74) is 3.28. The Balaban J connectivity index is 1.41. The molecule has 4 N–H and O–H groups in total. The maximum absolute atomic E-state index is 13.8. The van der Waals surface area contributed by atoms with Crippen molar-refractivity contribution in [2.75, 3.05) is 19.8 Å². The second-order valence-electron chi connectivity index (χ2n) is 12.3. The van der Waals surface area contributed by atoms with Crippen LogP contribution in [0.4, 0.5) is 0 Å². The fourth-order valence-corrected chi connectivity index (χ4v) is 6.86. The van der Waals surface area contributed by atoms with Crippen LogP contribution in [0.3, 0.4) is 0 Å². The number of ether oxygens (including phenoxy) is 1. The van der Waals surface area contributed by atoms with E-state index in [1.807, 2.05) is 60.7 Å². The summed E-state index contributed by atoms with van der Waals surface area (Å²) in [5.74, 6) is -3.14. The van der Waals surface area contributed by atoms with E-state index in [1.54, 1.807) is 24.4 Å². The molecule has 2 heterocycles. The van der Waals surface area contributed by atoms with E-state index in [1.165, 1.54) is 4.90 Å². The van der Waals surface area contributed by atoms with E-state index in [-0.39, 0.29) is 50.0 Å². The van der Waals surface area contributed by atoms with Crippen molar-refractivity contribution in [2.45, 2.75) is 51.0 Å². The number of phenolic OH excluding ortho intramolecular Hbond substituents is 1. The molecule has 1 saturated heterocycles. The lowest BCUT2D eigenvalue weighted by molar-refractivity contribution is -0.141. The van der Waals surface area contributed by atoms with E-state index < -0.39 is 36.4 Å². The van der Waals surface area contributed by atoms with Crippen LogP contribution in [0.1, 0.15) is 56.2 Å². The van der Waals surface area contributed by atoms with E-state index in [0.717, 1.165) is 5.57 Å². The molecule has 1 fully saturated rings. The number of hydrogen-bond donors (Lipinski definition) is 4. The van der Waals surface area contributed by atoms with Crippen LogP contribution in [0.2, 0.25) is 0 Å². The lowest BCUT2D eigenvalue weighted by Gasteiger charge is -2.36. The molecule has 1 aliphatic heterocycles. The first-order valence-electron chi connectivity index (χ1n) is 16.4. The Labute approximate surface area is 280 Å². The second-order valence-corrected chi connectivity index (χ2v) is 12.3. The molecule has 0 saturated carbocycles. The van der Waals surface area contributed by atoms with Gasteiger partial charge in [0, 0.05) is 30.6 Å². The molecule has 0 unspecified atom stereocenters. The first kappa shape index (κ1) is 34.5. The number of phenols is 1. The Morgan fingerprint density at radius 1 is 0.958 bits per heavy atom. The predicted molar refractivity (Wildman–Crippen MR) is 179 cm³/mol. The quantitative estimate of drug-likeness (QED) is 0.0937. The molecule has 2 aliphatic rings. The van der Waals surface area contributed by atoms with Crippen LogP contribution in [-0.4, -0.2) is 74.0 Å². The highest BCUT2D eigenvalue weighted by Gasteiger charge is 2.54. The monoisotopic (exact) mass is 654 g/mol. The van der Waals surface area contributed by atoms with Crippen molar-refractivity contribution in [3.63, 3.8) is 0 Å². The number of benzene rings is 2. The van der Waals surface area contributed by atoms with Gasteiger partial charge in [0.1, 0.15) is 18.1 Å². The number of imide groups is 1. The number of aromatic nitrogens is 1. The molecule has 2 amide bonds. The van der Waals surface area contributed by atoms with Crippen LogP contribution in [0, 0.1) is 17.8 Å². The molecule has 0 spiro atoms. The summed E-state index contributed by atoms with van der Waals surface area (Å²) in [4.78, 5) is 44.0. The molecule has 252 valence electrons. The highest BCUT2D eigenvalue weighted by atomic mass is 16.5. The highest BCUT2D eigenvalue weighted by Crippen LogP contribution is 2.46. The zero-order valence-corrected chi connectivity index (χ0v) is 26.8. The fraction of sp³-hybridized carbons (Fsp3) is 0.368. The molecule has 0 bridgehead atoms. The number of carbonyl (C=O) groups is 3. The first-order chi connectivity index (χ1) is 23.3. The average Bonchev–Trinajstić information content (AvgIpc) is 3.34. The Morgan fingerprint density at radius 2 is 1.71 bits per heavy atom. The predicted octanol–water partition coefficient (Wildman–Crippen LogP) is 5.10. The summed E-state index contributed by atoms with van der Waals surface area (Å²) in [7, 11) is 0. The van der Waals surface area contributed by atoms with Crippen LogP contribution in [0.15, 0.2) is 90.1 Å². The van der Waals surface area contributed by atoms with E-state index in [0.29, 0.717) is 53.8 Å². The van der Waals surface area contributed by atoms with Gasteiger partial charge < -0.3 is 25.2 Å². The van der Waals surface area contributed by atoms with E-state index in [4.69, 9.17) is 9.84 Å². The van der Waals surface area contributed by atoms with Gasteiger partial charge in [-0.1, -0.05) is 48.9 Å². The van der Waals surface area contributed by atoms with Crippen LogP contribution in [0.5, 0.6) is 11.5 Å². The minimum atomic E-state index is -1.07. The summed E-state index contributed by atoms with van der Waals surface area (Å²) >= 11 is 0. The van der Waals surface area contributed by atoms with Crippen LogP contribution in [-0.2, 0) is 14.4 Å². The van der Waals surface area contributed by atoms with Crippen LogP contribution < -0.4 is 4.74 Å². The third kappa shape index (κ3) is 8.18. The molecule has 48 heavy (non-hydrogen) atoms. The van der Waals surface area contributed by atoms with Crippen molar-refractivity contribution in [3.05, 3.63) is 101 Å². The number of aromatic hydroxyl groups is 1. The van der Waals surface area contributed by atoms with Crippen molar-refractivity contribution in [1.29, 1.82) is 0 Å². The minimum absolute atomic E-state index is 0.0272. The molecule has 10 nitrogen and oxygen atoms in total. The summed E-state index contributed by atoms with van der Waals surface area (Å²) in [6, 6.07) is 21.7. The van der Waals surface area contributed by atoms with Gasteiger partial charge in [-0.2, -0.15) is 0 Å². The Hall–Kier alpha value is -4.80. The fourth-order valence-electron chi connectivity index (χ4n) is 6.86. The van der Waals surface area contributed by atoms with Crippen molar-refractivity contribution in [3.8, 4) is 11.5 Å². The van der Waals surface area contributed by atoms with Gasteiger partial charge in [-0.15, -0.1) is 0 Å². The van der Waals surface area contributed by atoms with Gasteiger partial charge in [0.05, 0.1) is 30.2 Å². The van der Waals surface area contributed by atoms with Crippen LogP contribution >= 0.6 is 0 Å². The first-order valence-corrected chi connectivity index (χ1v) is 16.4. The number of aliphatic carboxylic acids is 1. The lowest BCUT2D eigenvalue weighted by atomic mass is 9.68. The maximum atomic E-state index is 13.8. The van der Waals surface area contributed by atoms with Gasteiger partial charge in [0.25, 0.3) is 0 Å². The van der Waals surface area contributed by atoms with E-state index in [2.05, 4.69) is 4.98 Å². The molecule has 5 rings (SSSR count). The van der Waals surface area contributed by atoms with Crippen molar-refractivity contribution >= 4 is 29.4 Å². The number of carboxylic acid groups (broad SMARTS) is 1. The molecule has 0 radical (unpaired) electrons. The normalized spacial score (nSPS) is 20.2. The number of carboxylic acids is 1. The number of amides is 2. The van der Waals surface area contributed by atoms with Crippen LogP contribution in [0.25, 0.3) is 11.6 Å². The summed E-state index contributed by atoms with van der Waals surface area (Å²) < 4.78 is 6.10. The van der Waals surface area contributed by atoms with Gasteiger partial charge in [-0.3, -0.25) is 24.3 Å². The molecule has 3 aromatic rings. The number of unbranched alkanes of at least 4 members (excludes halogenated alkanes) is 2. The highest BCUT2D eigenvalue weighted by molar-refractivity contribution is 6.05. The number of para-hydroxylation sites is 2. The molecule has 4 atom stereocenters. The number of aliphatic hydroxyl groups excluding tert-OH is 2. The van der Waals surface area contributed by atoms with Gasteiger partial charge in [0.2, 0.25) is 11.8 Å². The number of rotatable bonds is 16. The Morgan fingerprint density at radius 3 is 2.42 bits per heavy atom. The van der Waals surface area contributed by atoms with E-state index in [9.17, 15) is 29.7 Å². The lowest BCUT2D eigenvalue weighted by Crippen LogP contribution is -2.40. The molecule has 1 aliphatic carbocycles. The average molecular weight is 655 g/mol. The van der Waals surface area contributed by atoms with Crippen molar-refractivity contribution in [1.82, 2.24) is 9.88 Å². The standard InChI is InChI=1S/C38H42N2O8/c41-23-30-35(33(43)18-17-25(31-14-8-9-19-39-31)21-26-11-6-7-15-32(26)42)27(24-48-28-12-3-1-4-13-28)22-29-36(30)38(47)40(37(29)46)20-10-2-5-16-34(44)45/h1,3-4,6-9,11-15,19,21,29-30,33,36,41-43H,2,5,10,16-18,20,22-24H2,(H,44,45)/b25-21-/t29-,30+,33-,36-/m1/s1. The van der Waals surface area contributed by atoms with E-state index >= 15 is 0 Å². The van der Waals surface area contributed by atoms with Gasteiger partial charge in [0.15, 0.2) is 0 Å². The van der Waals surface area contributed by atoms with Gasteiger partial charge in [-0.25, -0.2) is 0 Å². The molecule has 1 aromatic heterocycles. The summed E-state index contributed by atoms with van der Waals surface area (Å²) in [6.07, 6.45) is 4.78. The topological polar surface area (TPSA) is 157 Å². The zero-order valence-electron chi connectivity index (χ0n) is 26.8. The maximum Gasteiger partial charge on any atom is 0.303 e. The third-order valence-electron chi connectivity index (χ3n) is 9.21. The number of carbonyl (C=O) groups excluding carboxylic acids is 2. The SMILES string of the molecule is O=C(O)CCCCCN1C(=O)[C@@H]2[C@@H](CC(COc3ccccc3)=C([C@H](O)CC/C(=C/c3ccccc3O)c3ccccn3)[C@@H]2CO)C1=O. The number of likely N-dealkylation sites (tertiary alicyclic amines) is 1. The Bertz CT molecular complexity index is 1640. The Kier molecular flexibility index (Phi) is 11.8. The number of pyridine rings is 1. The second kappa shape index (κ2) is 16.3. The zero-order chi connectivity index (χ0) is 34.0. The summed E-state index contributed by atoms with van der Waals surface area (Å²) in [6.45, 7) is -0.178. The smallest absolute Gasteiger partial charge is 0.303 e. The molecule has 10 heteroatoms.